The summed E-state index contributed by atoms with van der Waals surface area (Å²) in [7, 11) is 0. The van der Waals surface area contributed by atoms with Gasteiger partial charge in [-0.3, -0.25) is 9.69 Å². The summed E-state index contributed by atoms with van der Waals surface area (Å²) in [4.78, 5) is 16.4. The van der Waals surface area contributed by atoms with Crippen LogP contribution in [0.5, 0.6) is 0 Å². The molecule has 0 saturated carbocycles. The maximum Gasteiger partial charge on any atom is 0.251 e. The van der Waals surface area contributed by atoms with Gasteiger partial charge in [0.2, 0.25) is 0 Å². The van der Waals surface area contributed by atoms with Crippen LogP contribution in [0.4, 0.5) is 0 Å². The molecule has 1 amide bonds. The van der Waals surface area contributed by atoms with Crippen molar-refractivity contribution in [2.24, 2.45) is 0 Å². The Labute approximate surface area is 148 Å². The summed E-state index contributed by atoms with van der Waals surface area (Å²) >= 11 is 1.79. The Bertz CT molecular complexity index is 645. The molecule has 1 saturated heterocycles. The van der Waals surface area contributed by atoms with Gasteiger partial charge in [-0.05, 0) is 56.4 Å². The van der Waals surface area contributed by atoms with Crippen LogP contribution in [0, 0.1) is 6.92 Å². The SMILES string of the molecule is Cc1cccc(C(=O)NCC(c2cccs2)N2CCCCCC2)c1. The van der Waals surface area contributed by atoms with E-state index in [2.05, 4.69) is 27.7 Å². The van der Waals surface area contributed by atoms with Gasteiger partial charge in [0.25, 0.3) is 5.91 Å². The van der Waals surface area contributed by atoms with E-state index >= 15 is 0 Å². The minimum atomic E-state index is 0.0232. The first-order valence-corrected chi connectivity index (χ1v) is 9.74. The molecular weight excluding hydrogens is 316 g/mol. The average molecular weight is 343 g/mol. The fraction of sp³-hybridized carbons (Fsp3) is 0.450. The lowest BCUT2D eigenvalue weighted by molar-refractivity contribution is 0.0934. The molecule has 0 spiro atoms. The van der Waals surface area contributed by atoms with Gasteiger partial charge in [0.05, 0.1) is 6.04 Å². The van der Waals surface area contributed by atoms with Crippen molar-refractivity contribution in [2.75, 3.05) is 19.6 Å². The van der Waals surface area contributed by atoms with Crippen LogP contribution in [0.1, 0.15) is 52.5 Å². The predicted octanol–water partition coefficient (Wildman–Crippen LogP) is 4.40. The molecule has 0 aliphatic carbocycles. The lowest BCUT2D eigenvalue weighted by atomic mass is 10.1. The van der Waals surface area contributed by atoms with Crippen LogP contribution in [0.15, 0.2) is 41.8 Å². The number of thiophene rings is 1. The molecule has 24 heavy (non-hydrogen) atoms. The topological polar surface area (TPSA) is 32.3 Å². The molecule has 3 rings (SSSR count). The molecule has 1 aliphatic rings. The number of rotatable bonds is 5. The van der Waals surface area contributed by atoms with Crippen molar-refractivity contribution in [3.8, 4) is 0 Å². The van der Waals surface area contributed by atoms with Crippen molar-refractivity contribution in [1.82, 2.24) is 10.2 Å². The number of nitrogens with zero attached hydrogens (tertiary/aromatic N) is 1. The Morgan fingerprint density at radius 3 is 2.62 bits per heavy atom. The molecule has 4 heteroatoms. The smallest absolute Gasteiger partial charge is 0.251 e. The van der Waals surface area contributed by atoms with Crippen molar-refractivity contribution < 1.29 is 4.79 Å². The highest BCUT2D eigenvalue weighted by Gasteiger charge is 2.23. The highest BCUT2D eigenvalue weighted by atomic mass is 32.1. The van der Waals surface area contributed by atoms with E-state index < -0.39 is 0 Å². The van der Waals surface area contributed by atoms with Gasteiger partial charge in [0.15, 0.2) is 0 Å². The quantitative estimate of drug-likeness (QED) is 0.873. The van der Waals surface area contributed by atoms with Crippen LogP contribution in [0.25, 0.3) is 0 Å². The molecular formula is C20H26N2OS. The van der Waals surface area contributed by atoms with E-state index in [-0.39, 0.29) is 11.9 Å². The second-order valence-electron chi connectivity index (χ2n) is 6.56. The van der Waals surface area contributed by atoms with Gasteiger partial charge in [-0.25, -0.2) is 0 Å². The summed E-state index contributed by atoms with van der Waals surface area (Å²) in [6.07, 6.45) is 5.16. The van der Waals surface area contributed by atoms with Gasteiger partial charge >= 0.3 is 0 Å². The molecule has 0 bridgehead atoms. The minimum absolute atomic E-state index is 0.0232. The number of amides is 1. The zero-order valence-corrected chi connectivity index (χ0v) is 15.1. The minimum Gasteiger partial charge on any atom is -0.350 e. The second kappa shape index (κ2) is 8.45. The molecule has 1 fully saturated rings. The van der Waals surface area contributed by atoms with Crippen LogP contribution in [0.3, 0.4) is 0 Å². The van der Waals surface area contributed by atoms with Crippen LogP contribution in [-0.4, -0.2) is 30.4 Å². The first-order valence-electron chi connectivity index (χ1n) is 8.86. The van der Waals surface area contributed by atoms with E-state index in [0.29, 0.717) is 6.54 Å². The number of aryl methyl sites for hydroxylation is 1. The molecule has 128 valence electrons. The van der Waals surface area contributed by atoms with Gasteiger partial charge in [-0.15, -0.1) is 11.3 Å². The van der Waals surface area contributed by atoms with E-state index in [9.17, 15) is 4.79 Å². The third-order valence-electron chi connectivity index (χ3n) is 4.69. The van der Waals surface area contributed by atoms with Crippen molar-refractivity contribution in [3.63, 3.8) is 0 Å². The van der Waals surface area contributed by atoms with E-state index in [0.717, 1.165) is 24.2 Å². The van der Waals surface area contributed by atoms with Gasteiger partial charge < -0.3 is 5.32 Å². The molecule has 1 aromatic heterocycles. The summed E-state index contributed by atoms with van der Waals surface area (Å²) in [6.45, 7) is 4.95. The lowest BCUT2D eigenvalue weighted by Gasteiger charge is -2.30. The highest BCUT2D eigenvalue weighted by molar-refractivity contribution is 7.10. The van der Waals surface area contributed by atoms with Crippen molar-refractivity contribution >= 4 is 17.2 Å². The van der Waals surface area contributed by atoms with Crippen molar-refractivity contribution in [2.45, 2.75) is 38.6 Å². The van der Waals surface area contributed by atoms with Crippen molar-refractivity contribution in [1.29, 1.82) is 0 Å². The Morgan fingerprint density at radius 1 is 1.17 bits per heavy atom. The number of hydrogen-bond acceptors (Lipinski definition) is 3. The van der Waals surface area contributed by atoms with Gasteiger partial charge in [-0.2, -0.15) is 0 Å². The van der Waals surface area contributed by atoms with Crippen LogP contribution < -0.4 is 5.32 Å². The largest absolute Gasteiger partial charge is 0.350 e. The van der Waals surface area contributed by atoms with Crippen LogP contribution in [-0.2, 0) is 0 Å². The second-order valence-corrected chi connectivity index (χ2v) is 7.54. The lowest BCUT2D eigenvalue weighted by Crippen LogP contribution is -2.38. The summed E-state index contributed by atoms with van der Waals surface area (Å²) in [5.41, 5.74) is 1.86. The first kappa shape index (κ1) is 17.2. The maximum atomic E-state index is 12.5. The fourth-order valence-electron chi connectivity index (χ4n) is 3.38. The Balaban J connectivity index is 1.69. The summed E-state index contributed by atoms with van der Waals surface area (Å²) in [5.74, 6) is 0.0232. The number of benzene rings is 1. The van der Waals surface area contributed by atoms with Crippen LogP contribution >= 0.6 is 11.3 Å². The molecule has 2 aromatic rings. The van der Waals surface area contributed by atoms with E-state index in [4.69, 9.17) is 0 Å². The highest BCUT2D eigenvalue weighted by Crippen LogP contribution is 2.27. The van der Waals surface area contributed by atoms with Gasteiger partial charge in [0.1, 0.15) is 0 Å². The van der Waals surface area contributed by atoms with E-state index in [1.807, 2.05) is 31.2 Å². The number of nitrogens with one attached hydrogen (secondary N) is 1. The van der Waals surface area contributed by atoms with E-state index in [1.165, 1.54) is 30.6 Å². The number of carbonyl (C=O) groups is 1. The molecule has 3 nitrogen and oxygen atoms in total. The number of hydrogen-bond donors (Lipinski definition) is 1. The fourth-order valence-corrected chi connectivity index (χ4v) is 4.24. The third kappa shape index (κ3) is 4.46. The number of likely N-dealkylation sites (tertiary alicyclic amines) is 1. The zero-order valence-electron chi connectivity index (χ0n) is 14.3. The Kier molecular flexibility index (Phi) is 6.05. The summed E-state index contributed by atoms with van der Waals surface area (Å²) in [5, 5.41) is 5.29. The molecule has 1 aromatic carbocycles. The van der Waals surface area contributed by atoms with E-state index in [1.54, 1.807) is 11.3 Å². The molecule has 1 atom stereocenters. The van der Waals surface area contributed by atoms with Crippen LogP contribution in [0.2, 0.25) is 0 Å². The van der Waals surface area contributed by atoms with Crippen molar-refractivity contribution in [3.05, 3.63) is 57.8 Å². The predicted molar refractivity (Wildman–Crippen MR) is 101 cm³/mol. The monoisotopic (exact) mass is 342 g/mol. The Morgan fingerprint density at radius 2 is 1.96 bits per heavy atom. The molecule has 1 N–H and O–H groups in total. The zero-order chi connectivity index (χ0) is 16.8. The maximum absolute atomic E-state index is 12.5. The van der Waals surface area contributed by atoms with Gasteiger partial charge in [-0.1, -0.05) is 36.6 Å². The normalized spacial score (nSPS) is 17.2. The third-order valence-corrected chi connectivity index (χ3v) is 5.66. The average Bonchev–Trinajstić information content (AvgIpc) is 2.98. The Hall–Kier alpha value is -1.65. The summed E-state index contributed by atoms with van der Waals surface area (Å²) in [6, 6.07) is 12.4. The molecule has 0 radical (unpaired) electrons. The summed E-state index contributed by atoms with van der Waals surface area (Å²) < 4.78 is 0. The first-order chi connectivity index (χ1) is 11.7. The van der Waals surface area contributed by atoms with Gasteiger partial charge in [0, 0.05) is 17.0 Å². The standard InChI is InChI=1S/C20H26N2OS/c1-16-8-6-9-17(14-16)20(23)21-15-18(19-10-7-13-24-19)22-11-4-2-3-5-12-22/h6-10,13-14,18H,2-5,11-12,15H2,1H3,(H,21,23). The molecule has 1 unspecified atom stereocenters. The number of carbonyl (C=O) groups excluding carboxylic acids is 1. The molecule has 2 heterocycles. The molecule has 1 aliphatic heterocycles.